The number of hydrogen-bond donors (Lipinski definition) is 2. The number of nitrogens with two attached hydrogens (primary N) is 1. The highest BCUT2D eigenvalue weighted by Gasteiger charge is 2.10. The summed E-state index contributed by atoms with van der Waals surface area (Å²) in [5.41, 5.74) is 0.941. The van der Waals surface area contributed by atoms with E-state index in [1.807, 2.05) is 6.92 Å². The van der Waals surface area contributed by atoms with Crippen LogP contribution in [0.2, 0.25) is 0 Å². The first-order chi connectivity index (χ1) is 8.97. The molecule has 1 atom stereocenters. The van der Waals surface area contributed by atoms with E-state index in [-0.39, 0.29) is 10.9 Å². The number of rotatable bonds is 5. The van der Waals surface area contributed by atoms with Crippen molar-refractivity contribution < 1.29 is 12.9 Å². The molecule has 7 nitrogen and oxygen atoms in total. The van der Waals surface area contributed by atoms with Crippen LogP contribution < -0.4 is 10.5 Å². The van der Waals surface area contributed by atoms with Gasteiger partial charge in [-0.15, -0.1) is 0 Å². The average molecular weight is 282 g/mol. The van der Waals surface area contributed by atoms with E-state index in [2.05, 4.69) is 20.0 Å². The Balaban J connectivity index is 2.01. The number of primary sulfonamides is 1. The molecule has 0 saturated heterocycles. The lowest BCUT2D eigenvalue weighted by Gasteiger charge is -2.13. The highest BCUT2D eigenvalue weighted by Crippen LogP contribution is 2.15. The smallest absolute Gasteiger partial charge is 0.238 e. The molecule has 0 aliphatic rings. The molecule has 0 spiro atoms. The number of aromatic nitrogens is 2. The molecule has 0 radical (unpaired) electrons. The summed E-state index contributed by atoms with van der Waals surface area (Å²) in [5, 5.41) is 11.9. The van der Waals surface area contributed by atoms with E-state index in [1.54, 1.807) is 12.1 Å². The Morgan fingerprint density at radius 1 is 1.37 bits per heavy atom. The minimum absolute atomic E-state index is 0.0213. The van der Waals surface area contributed by atoms with Crippen molar-refractivity contribution >= 4 is 10.0 Å². The summed E-state index contributed by atoms with van der Waals surface area (Å²) in [6.45, 7) is 2.42. The predicted molar refractivity (Wildman–Crippen MR) is 67.4 cm³/mol. The van der Waals surface area contributed by atoms with Crippen LogP contribution in [0.4, 0.5) is 0 Å². The van der Waals surface area contributed by atoms with Crippen molar-refractivity contribution in [2.24, 2.45) is 5.14 Å². The van der Waals surface area contributed by atoms with Gasteiger partial charge in [-0.25, -0.2) is 13.6 Å². The monoisotopic (exact) mass is 282 g/mol. The van der Waals surface area contributed by atoms with Gasteiger partial charge in [0.05, 0.1) is 11.4 Å². The van der Waals surface area contributed by atoms with E-state index in [9.17, 15) is 8.42 Å². The molecule has 19 heavy (non-hydrogen) atoms. The summed E-state index contributed by atoms with van der Waals surface area (Å²) < 4.78 is 26.9. The zero-order chi connectivity index (χ0) is 13.9. The van der Waals surface area contributed by atoms with Crippen molar-refractivity contribution in [1.29, 1.82) is 0 Å². The Morgan fingerprint density at radius 2 is 2.05 bits per heavy atom. The molecule has 0 saturated carbocycles. The molecule has 1 heterocycles. The molecule has 0 bridgehead atoms. The average Bonchev–Trinajstić information content (AvgIpc) is 2.88. The fourth-order valence-electron chi connectivity index (χ4n) is 1.58. The van der Waals surface area contributed by atoms with Crippen LogP contribution in [0.5, 0.6) is 0 Å². The number of benzene rings is 1. The maximum absolute atomic E-state index is 11.1. The number of nitrogens with zero attached hydrogens (tertiary/aromatic N) is 2. The molecule has 1 aromatic carbocycles. The fraction of sp³-hybridized carbons (Fsp3) is 0.273. The maximum Gasteiger partial charge on any atom is 0.238 e. The molecule has 0 fully saturated rings. The van der Waals surface area contributed by atoms with Crippen molar-refractivity contribution in [1.82, 2.24) is 15.5 Å². The van der Waals surface area contributed by atoms with Gasteiger partial charge in [0.2, 0.25) is 16.4 Å². The van der Waals surface area contributed by atoms with Crippen molar-refractivity contribution in [3.05, 3.63) is 42.0 Å². The first kappa shape index (κ1) is 13.7. The third-order valence-electron chi connectivity index (χ3n) is 2.68. The van der Waals surface area contributed by atoms with Crippen LogP contribution in [-0.2, 0) is 16.6 Å². The Labute approximate surface area is 110 Å². The van der Waals surface area contributed by atoms with Gasteiger partial charge in [0, 0.05) is 6.04 Å². The van der Waals surface area contributed by atoms with Gasteiger partial charge in [0.25, 0.3) is 0 Å². The molecular formula is C11H14N4O3S. The fourth-order valence-corrected chi connectivity index (χ4v) is 2.09. The molecule has 0 amide bonds. The number of hydrogen-bond acceptors (Lipinski definition) is 6. The van der Waals surface area contributed by atoms with Crippen LogP contribution in [0, 0.1) is 0 Å². The number of sulfonamides is 1. The van der Waals surface area contributed by atoms with Gasteiger partial charge in [0.15, 0.2) is 5.82 Å². The summed E-state index contributed by atoms with van der Waals surface area (Å²) in [7, 11) is -3.65. The lowest BCUT2D eigenvalue weighted by Crippen LogP contribution is -2.19. The van der Waals surface area contributed by atoms with Crippen molar-refractivity contribution in [2.45, 2.75) is 24.4 Å². The van der Waals surface area contributed by atoms with E-state index in [0.29, 0.717) is 12.4 Å². The molecule has 2 aromatic rings. The van der Waals surface area contributed by atoms with Crippen molar-refractivity contribution in [2.75, 3.05) is 0 Å². The van der Waals surface area contributed by atoms with E-state index in [4.69, 9.17) is 5.14 Å². The minimum atomic E-state index is -3.65. The van der Waals surface area contributed by atoms with E-state index >= 15 is 0 Å². The zero-order valence-electron chi connectivity index (χ0n) is 10.3. The molecule has 102 valence electrons. The second-order valence-corrected chi connectivity index (χ2v) is 5.63. The second-order valence-electron chi connectivity index (χ2n) is 4.06. The van der Waals surface area contributed by atoms with E-state index in [1.165, 1.54) is 18.5 Å². The lowest BCUT2D eigenvalue weighted by molar-refractivity contribution is 0.405. The van der Waals surface area contributed by atoms with Gasteiger partial charge < -0.3 is 9.84 Å². The lowest BCUT2D eigenvalue weighted by atomic mass is 10.1. The summed E-state index contributed by atoms with van der Waals surface area (Å²) in [4.78, 5) is 3.99. The molecule has 0 aliphatic carbocycles. The quantitative estimate of drug-likeness (QED) is 0.829. The van der Waals surface area contributed by atoms with E-state index < -0.39 is 10.0 Å². The van der Waals surface area contributed by atoms with Gasteiger partial charge in [0.1, 0.15) is 0 Å². The number of nitrogens with one attached hydrogen (secondary N) is 1. The molecule has 3 N–H and O–H groups in total. The standard InChI is InChI=1S/C11H14N4O3S/c1-8(13-6-11-14-7-18-15-11)9-2-4-10(5-3-9)19(12,16)17/h2-5,7-8,13H,6H2,1H3,(H2,12,16,17). The normalized spacial score (nSPS) is 13.4. The third kappa shape index (κ3) is 3.60. The highest BCUT2D eigenvalue weighted by molar-refractivity contribution is 7.89. The summed E-state index contributed by atoms with van der Waals surface area (Å²) in [5.74, 6) is 0.563. The molecule has 8 heteroatoms. The second kappa shape index (κ2) is 5.47. The molecule has 0 aliphatic heterocycles. The Bertz CT molecular complexity index is 622. The van der Waals surface area contributed by atoms with E-state index in [0.717, 1.165) is 5.56 Å². The largest absolute Gasteiger partial charge is 0.343 e. The van der Waals surface area contributed by atoms with Gasteiger partial charge in [-0.05, 0) is 24.6 Å². The van der Waals surface area contributed by atoms with Gasteiger partial charge in [-0.1, -0.05) is 17.3 Å². The van der Waals surface area contributed by atoms with Gasteiger partial charge in [-0.3, -0.25) is 0 Å². The van der Waals surface area contributed by atoms with Crippen molar-refractivity contribution in [3.63, 3.8) is 0 Å². The summed E-state index contributed by atoms with van der Waals surface area (Å²) in [6.07, 6.45) is 1.27. The van der Waals surface area contributed by atoms with Crippen LogP contribution in [-0.4, -0.2) is 18.6 Å². The Kier molecular flexibility index (Phi) is 3.93. The minimum Gasteiger partial charge on any atom is -0.343 e. The van der Waals surface area contributed by atoms with Crippen LogP contribution >= 0.6 is 0 Å². The molecule has 1 unspecified atom stereocenters. The molecule has 2 rings (SSSR count). The third-order valence-corrected chi connectivity index (χ3v) is 3.61. The zero-order valence-corrected chi connectivity index (χ0v) is 11.1. The summed E-state index contributed by atoms with van der Waals surface area (Å²) >= 11 is 0. The van der Waals surface area contributed by atoms with Crippen LogP contribution in [0.1, 0.15) is 24.4 Å². The molecular weight excluding hydrogens is 268 g/mol. The highest BCUT2D eigenvalue weighted by atomic mass is 32.2. The topological polar surface area (TPSA) is 111 Å². The first-order valence-corrected chi connectivity index (χ1v) is 7.13. The van der Waals surface area contributed by atoms with Crippen LogP contribution in [0.3, 0.4) is 0 Å². The summed E-state index contributed by atoms with van der Waals surface area (Å²) in [6, 6.07) is 6.42. The predicted octanol–water partition coefficient (Wildman–Crippen LogP) is 0.568. The molecule has 1 aromatic heterocycles. The van der Waals surface area contributed by atoms with Crippen LogP contribution in [0.15, 0.2) is 40.1 Å². The van der Waals surface area contributed by atoms with Gasteiger partial charge in [-0.2, -0.15) is 4.98 Å². The van der Waals surface area contributed by atoms with Crippen molar-refractivity contribution in [3.8, 4) is 0 Å². The van der Waals surface area contributed by atoms with Gasteiger partial charge >= 0.3 is 0 Å². The Morgan fingerprint density at radius 3 is 2.58 bits per heavy atom. The Hall–Kier alpha value is -1.77. The maximum atomic E-state index is 11.1. The van der Waals surface area contributed by atoms with Crippen LogP contribution in [0.25, 0.3) is 0 Å². The SMILES string of the molecule is CC(NCc1ncon1)c1ccc(S(N)(=O)=O)cc1. The first-order valence-electron chi connectivity index (χ1n) is 5.58.